The summed E-state index contributed by atoms with van der Waals surface area (Å²) in [6.45, 7) is 5.74. The Morgan fingerprint density at radius 2 is 1.68 bits per heavy atom. The second-order valence-corrected chi connectivity index (χ2v) is 6.85. The molecule has 28 heavy (non-hydrogen) atoms. The van der Waals surface area contributed by atoms with Gasteiger partial charge in [0.05, 0.1) is 14.2 Å². The maximum Gasteiger partial charge on any atom is 0.329 e. The average molecular weight is 385 g/mol. The molecule has 6 heteroatoms. The Bertz CT molecular complexity index is 814. The van der Waals surface area contributed by atoms with Gasteiger partial charge in [-0.15, -0.1) is 0 Å². The molecule has 0 saturated carbocycles. The SMILES string of the molecule is COc1ccc(C(=O)N[C@H](C(=O)OCc2cc(C)ccc2OC)C(C)C)cc1. The van der Waals surface area contributed by atoms with Crippen molar-refractivity contribution in [1.82, 2.24) is 5.32 Å². The Labute approximate surface area is 165 Å². The lowest BCUT2D eigenvalue weighted by atomic mass is 10.0. The van der Waals surface area contributed by atoms with E-state index in [0.29, 0.717) is 17.1 Å². The largest absolute Gasteiger partial charge is 0.497 e. The van der Waals surface area contributed by atoms with Gasteiger partial charge in [-0.1, -0.05) is 25.5 Å². The van der Waals surface area contributed by atoms with E-state index in [1.165, 1.54) is 0 Å². The molecule has 1 amide bonds. The van der Waals surface area contributed by atoms with Crippen LogP contribution in [0.2, 0.25) is 0 Å². The van der Waals surface area contributed by atoms with Gasteiger partial charge >= 0.3 is 5.97 Å². The Kier molecular flexibility index (Phi) is 7.44. The molecule has 0 aromatic heterocycles. The molecule has 0 aliphatic carbocycles. The fourth-order valence-electron chi connectivity index (χ4n) is 2.72. The molecular formula is C22H27NO5. The highest BCUT2D eigenvalue weighted by molar-refractivity contribution is 5.96. The van der Waals surface area contributed by atoms with Crippen LogP contribution in [0.4, 0.5) is 0 Å². The zero-order valence-electron chi connectivity index (χ0n) is 16.9. The molecule has 6 nitrogen and oxygen atoms in total. The molecule has 2 rings (SSSR count). The fourth-order valence-corrected chi connectivity index (χ4v) is 2.72. The average Bonchev–Trinajstić information content (AvgIpc) is 2.70. The maximum absolute atomic E-state index is 12.6. The summed E-state index contributed by atoms with van der Waals surface area (Å²) in [7, 11) is 3.13. The van der Waals surface area contributed by atoms with E-state index >= 15 is 0 Å². The Morgan fingerprint density at radius 3 is 2.25 bits per heavy atom. The number of amides is 1. The van der Waals surface area contributed by atoms with E-state index < -0.39 is 12.0 Å². The molecule has 0 fully saturated rings. The number of benzene rings is 2. The number of rotatable bonds is 8. The number of hydrogen-bond acceptors (Lipinski definition) is 5. The van der Waals surface area contributed by atoms with Crippen molar-refractivity contribution in [2.24, 2.45) is 5.92 Å². The first-order chi connectivity index (χ1) is 13.3. The zero-order valence-corrected chi connectivity index (χ0v) is 16.9. The predicted octanol–water partition coefficient (Wildman–Crippen LogP) is 3.51. The van der Waals surface area contributed by atoms with Crippen LogP contribution in [0.1, 0.15) is 35.3 Å². The molecule has 0 radical (unpaired) electrons. The summed E-state index contributed by atoms with van der Waals surface area (Å²) in [5, 5.41) is 2.76. The van der Waals surface area contributed by atoms with Crippen LogP contribution in [0.5, 0.6) is 11.5 Å². The van der Waals surface area contributed by atoms with Crippen molar-refractivity contribution in [3.05, 3.63) is 59.2 Å². The smallest absolute Gasteiger partial charge is 0.329 e. The van der Waals surface area contributed by atoms with Crippen LogP contribution in [0.25, 0.3) is 0 Å². The third kappa shape index (κ3) is 5.49. The van der Waals surface area contributed by atoms with E-state index in [0.717, 1.165) is 11.1 Å². The molecule has 1 N–H and O–H groups in total. The van der Waals surface area contributed by atoms with Crippen LogP contribution in [-0.4, -0.2) is 32.1 Å². The molecule has 0 bridgehead atoms. The van der Waals surface area contributed by atoms with Crippen molar-refractivity contribution in [3.8, 4) is 11.5 Å². The molecule has 0 spiro atoms. The molecule has 1 atom stereocenters. The van der Waals surface area contributed by atoms with Gasteiger partial charge in [-0.05, 0) is 49.2 Å². The van der Waals surface area contributed by atoms with E-state index in [2.05, 4.69) is 5.32 Å². The molecular weight excluding hydrogens is 358 g/mol. The molecule has 0 saturated heterocycles. The van der Waals surface area contributed by atoms with Gasteiger partial charge in [-0.3, -0.25) is 4.79 Å². The minimum absolute atomic E-state index is 0.0747. The Hall–Kier alpha value is -3.02. The lowest BCUT2D eigenvalue weighted by Gasteiger charge is -2.21. The first-order valence-electron chi connectivity index (χ1n) is 9.10. The molecule has 0 unspecified atom stereocenters. The predicted molar refractivity (Wildman–Crippen MR) is 107 cm³/mol. The highest BCUT2D eigenvalue weighted by atomic mass is 16.5. The third-order valence-corrected chi connectivity index (χ3v) is 4.37. The molecule has 2 aromatic rings. The summed E-state index contributed by atoms with van der Waals surface area (Å²) >= 11 is 0. The molecule has 0 aliphatic heterocycles. The minimum Gasteiger partial charge on any atom is -0.497 e. The van der Waals surface area contributed by atoms with E-state index in [1.807, 2.05) is 39.0 Å². The second kappa shape index (κ2) is 9.78. The van der Waals surface area contributed by atoms with Crippen LogP contribution in [0.3, 0.4) is 0 Å². The van der Waals surface area contributed by atoms with Gasteiger partial charge in [-0.25, -0.2) is 4.79 Å². The van der Waals surface area contributed by atoms with Crippen molar-refractivity contribution in [2.75, 3.05) is 14.2 Å². The lowest BCUT2D eigenvalue weighted by molar-refractivity contribution is -0.148. The van der Waals surface area contributed by atoms with Gasteiger partial charge in [0.15, 0.2) is 0 Å². The number of esters is 1. The van der Waals surface area contributed by atoms with Crippen molar-refractivity contribution >= 4 is 11.9 Å². The number of hydrogen-bond donors (Lipinski definition) is 1. The van der Waals surface area contributed by atoms with Crippen molar-refractivity contribution in [3.63, 3.8) is 0 Å². The standard InChI is InChI=1S/C22H27NO5/c1-14(2)20(23-21(24)16-7-9-18(26-4)10-8-16)22(25)28-13-17-12-15(3)6-11-19(17)27-5/h6-12,14,20H,13H2,1-5H3,(H,23,24)/t20-/m0/s1. The second-order valence-electron chi connectivity index (χ2n) is 6.85. The molecule has 0 aliphatic rings. The summed E-state index contributed by atoms with van der Waals surface area (Å²) in [4.78, 5) is 25.1. The molecule has 150 valence electrons. The number of ether oxygens (including phenoxy) is 3. The quantitative estimate of drug-likeness (QED) is 0.704. The van der Waals surface area contributed by atoms with Gasteiger partial charge in [-0.2, -0.15) is 0 Å². The van der Waals surface area contributed by atoms with Gasteiger partial charge in [0.25, 0.3) is 5.91 Å². The van der Waals surface area contributed by atoms with Crippen molar-refractivity contribution in [2.45, 2.75) is 33.4 Å². The summed E-state index contributed by atoms with van der Waals surface area (Å²) in [5.41, 5.74) is 2.26. The topological polar surface area (TPSA) is 73.9 Å². The zero-order chi connectivity index (χ0) is 20.7. The van der Waals surface area contributed by atoms with E-state index in [-0.39, 0.29) is 18.4 Å². The lowest BCUT2D eigenvalue weighted by Crippen LogP contribution is -2.45. The number of carbonyl (C=O) groups excluding carboxylic acids is 2. The monoisotopic (exact) mass is 385 g/mol. The van der Waals surface area contributed by atoms with Crippen LogP contribution in [0.15, 0.2) is 42.5 Å². The van der Waals surface area contributed by atoms with Crippen molar-refractivity contribution < 1.29 is 23.8 Å². The number of nitrogens with one attached hydrogen (secondary N) is 1. The number of methoxy groups -OCH3 is 2. The molecule has 2 aromatic carbocycles. The highest BCUT2D eigenvalue weighted by Gasteiger charge is 2.26. The first kappa shape index (κ1) is 21.3. The minimum atomic E-state index is -0.759. The van der Waals surface area contributed by atoms with E-state index in [1.54, 1.807) is 38.5 Å². The van der Waals surface area contributed by atoms with Gasteiger partial charge in [0.2, 0.25) is 0 Å². The Balaban J connectivity index is 2.05. The third-order valence-electron chi connectivity index (χ3n) is 4.37. The van der Waals surface area contributed by atoms with Gasteiger partial charge in [0.1, 0.15) is 24.1 Å². The first-order valence-corrected chi connectivity index (χ1v) is 9.10. The number of carbonyl (C=O) groups is 2. The fraction of sp³-hybridized carbons (Fsp3) is 0.364. The van der Waals surface area contributed by atoms with E-state index in [4.69, 9.17) is 14.2 Å². The van der Waals surface area contributed by atoms with Crippen LogP contribution >= 0.6 is 0 Å². The summed E-state index contributed by atoms with van der Waals surface area (Å²) in [6.07, 6.45) is 0. The van der Waals surface area contributed by atoms with E-state index in [9.17, 15) is 9.59 Å². The van der Waals surface area contributed by atoms with Crippen molar-refractivity contribution in [1.29, 1.82) is 0 Å². The highest BCUT2D eigenvalue weighted by Crippen LogP contribution is 2.21. The van der Waals surface area contributed by atoms with Crippen LogP contribution in [0, 0.1) is 12.8 Å². The maximum atomic E-state index is 12.6. The van der Waals surface area contributed by atoms with Gasteiger partial charge in [0, 0.05) is 11.1 Å². The van der Waals surface area contributed by atoms with Crippen LogP contribution < -0.4 is 14.8 Å². The van der Waals surface area contributed by atoms with Gasteiger partial charge < -0.3 is 19.5 Å². The normalized spacial score (nSPS) is 11.6. The summed E-state index contributed by atoms with van der Waals surface area (Å²) < 4.78 is 15.9. The summed E-state index contributed by atoms with van der Waals surface area (Å²) in [5.74, 6) is 0.353. The number of aryl methyl sites for hydroxylation is 1. The Morgan fingerprint density at radius 1 is 1.00 bits per heavy atom. The molecule has 0 heterocycles. The summed E-state index contributed by atoms with van der Waals surface area (Å²) in [6, 6.07) is 11.6. The van der Waals surface area contributed by atoms with Crippen LogP contribution in [-0.2, 0) is 16.1 Å².